The summed E-state index contributed by atoms with van der Waals surface area (Å²) >= 11 is 0. The number of anilines is 1. The summed E-state index contributed by atoms with van der Waals surface area (Å²) in [6, 6.07) is 9.77. The quantitative estimate of drug-likeness (QED) is 0.571. The Bertz CT molecular complexity index is 272. The molecule has 0 aliphatic heterocycles. The number of ether oxygens (including phenoxy) is 1. The van der Waals surface area contributed by atoms with Gasteiger partial charge in [0.25, 0.3) is 0 Å². The van der Waals surface area contributed by atoms with Crippen molar-refractivity contribution in [3.8, 4) is 0 Å². The number of carbonyl (C=O) groups excluding carboxylic acids is 1. The van der Waals surface area contributed by atoms with Gasteiger partial charge >= 0.3 is 5.97 Å². The Balaban J connectivity index is 2.13. The van der Waals surface area contributed by atoms with Crippen molar-refractivity contribution in [2.45, 2.75) is 6.42 Å². The van der Waals surface area contributed by atoms with Crippen molar-refractivity contribution in [3.63, 3.8) is 0 Å². The zero-order valence-electron chi connectivity index (χ0n) is 8.03. The molecule has 0 aliphatic carbocycles. The normalized spacial score (nSPS) is 9.50. The Morgan fingerprint density at radius 2 is 2.07 bits per heavy atom. The third-order valence-electron chi connectivity index (χ3n) is 1.67. The summed E-state index contributed by atoms with van der Waals surface area (Å²) in [7, 11) is 0. The van der Waals surface area contributed by atoms with Crippen molar-refractivity contribution in [2.75, 3.05) is 18.5 Å². The van der Waals surface area contributed by atoms with Gasteiger partial charge in [-0.15, -0.1) is 0 Å². The predicted octanol–water partition coefficient (Wildman–Crippen LogP) is 1.87. The number of hydrogen-bond acceptors (Lipinski definition) is 3. The van der Waals surface area contributed by atoms with Gasteiger partial charge in [0, 0.05) is 18.7 Å². The van der Waals surface area contributed by atoms with Crippen molar-refractivity contribution in [1.82, 2.24) is 0 Å². The van der Waals surface area contributed by atoms with E-state index in [0.717, 1.165) is 5.69 Å². The minimum Gasteiger partial charge on any atom is -0.464 e. The van der Waals surface area contributed by atoms with Gasteiger partial charge in [0.05, 0.1) is 0 Å². The lowest BCUT2D eigenvalue weighted by Gasteiger charge is -2.06. The highest BCUT2D eigenvalue weighted by atomic mass is 16.5. The van der Waals surface area contributed by atoms with Gasteiger partial charge in [-0.3, -0.25) is 4.79 Å². The van der Waals surface area contributed by atoms with Crippen molar-refractivity contribution >= 4 is 11.7 Å². The van der Waals surface area contributed by atoms with Gasteiger partial charge in [0.1, 0.15) is 6.61 Å². The van der Waals surface area contributed by atoms with Gasteiger partial charge in [-0.2, -0.15) is 0 Å². The summed E-state index contributed by atoms with van der Waals surface area (Å²) in [5, 5.41) is 3.13. The molecular weight excluding hydrogens is 178 g/mol. The molecule has 0 saturated heterocycles. The topological polar surface area (TPSA) is 38.3 Å². The number of hydrogen-bond donors (Lipinski definition) is 1. The van der Waals surface area contributed by atoms with Crippen LogP contribution in [0.5, 0.6) is 0 Å². The highest BCUT2D eigenvalue weighted by Crippen LogP contribution is 2.03. The maximum atomic E-state index is 10.7. The summed E-state index contributed by atoms with van der Waals surface area (Å²) in [5.74, 6) is -0.264. The standard InChI is InChI=1S/C11H14NO2/c1-2-11(13)14-9-8-12-10-6-4-3-5-7-10/h3-7,12H,1-2,8-9H2. The van der Waals surface area contributed by atoms with Crippen LogP contribution in [0.15, 0.2) is 30.3 Å². The number of benzene rings is 1. The molecule has 0 fully saturated rings. The van der Waals surface area contributed by atoms with Gasteiger partial charge in [0.2, 0.25) is 0 Å². The number of nitrogens with one attached hydrogen (secondary N) is 1. The molecule has 1 N–H and O–H groups in total. The molecule has 0 heterocycles. The van der Waals surface area contributed by atoms with E-state index in [1.807, 2.05) is 30.3 Å². The Kier molecular flexibility index (Phi) is 4.55. The van der Waals surface area contributed by atoms with E-state index in [9.17, 15) is 4.79 Å². The number of carbonyl (C=O) groups is 1. The molecule has 0 atom stereocenters. The van der Waals surface area contributed by atoms with Crippen LogP contribution < -0.4 is 5.32 Å². The van der Waals surface area contributed by atoms with Crippen molar-refractivity contribution in [3.05, 3.63) is 37.3 Å². The molecule has 0 aromatic heterocycles. The number of rotatable bonds is 5. The zero-order valence-corrected chi connectivity index (χ0v) is 8.03. The first-order valence-electron chi connectivity index (χ1n) is 4.56. The van der Waals surface area contributed by atoms with Crippen LogP contribution in [0.25, 0.3) is 0 Å². The molecule has 0 unspecified atom stereocenters. The van der Waals surface area contributed by atoms with Crippen LogP contribution in [0.3, 0.4) is 0 Å². The maximum Gasteiger partial charge on any atom is 0.305 e. The fourth-order valence-corrected chi connectivity index (χ4v) is 0.988. The molecule has 14 heavy (non-hydrogen) atoms. The second-order valence-corrected chi connectivity index (χ2v) is 2.76. The van der Waals surface area contributed by atoms with E-state index in [1.165, 1.54) is 0 Å². The van der Waals surface area contributed by atoms with Crippen molar-refractivity contribution < 1.29 is 9.53 Å². The third-order valence-corrected chi connectivity index (χ3v) is 1.67. The Labute approximate surface area is 84.1 Å². The van der Waals surface area contributed by atoms with Gasteiger partial charge < -0.3 is 10.1 Å². The van der Waals surface area contributed by atoms with E-state index in [1.54, 1.807) is 0 Å². The minimum absolute atomic E-state index is 0.186. The average Bonchev–Trinajstić information content (AvgIpc) is 2.25. The second-order valence-electron chi connectivity index (χ2n) is 2.76. The average molecular weight is 192 g/mol. The lowest BCUT2D eigenvalue weighted by molar-refractivity contribution is -0.142. The molecule has 1 radical (unpaired) electrons. The van der Waals surface area contributed by atoms with E-state index >= 15 is 0 Å². The molecule has 0 aliphatic rings. The van der Waals surface area contributed by atoms with Crippen LogP contribution in [0, 0.1) is 6.92 Å². The van der Waals surface area contributed by atoms with E-state index in [-0.39, 0.29) is 12.4 Å². The minimum atomic E-state index is -0.264. The molecule has 3 nitrogen and oxygen atoms in total. The lowest BCUT2D eigenvalue weighted by atomic mass is 10.3. The Morgan fingerprint density at radius 3 is 2.71 bits per heavy atom. The smallest absolute Gasteiger partial charge is 0.305 e. The van der Waals surface area contributed by atoms with Crippen LogP contribution in [0.4, 0.5) is 5.69 Å². The molecule has 75 valence electrons. The highest BCUT2D eigenvalue weighted by molar-refractivity contribution is 5.69. The van der Waals surface area contributed by atoms with E-state index in [2.05, 4.69) is 12.2 Å². The summed E-state index contributed by atoms with van der Waals surface area (Å²) in [5.41, 5.74) is 1.03. The van der Waals surface area contributed by atoms with E-state index in [0.29, 0.717) is 13.2 Å². The van der Waals surface area contributed by atoms with Gasteiger partial charge in [-0.1, -0.05) is 18.2 Å². The first kappa shape index (κ1) is 10.6. The molecule has 1 rings (SSSR count). The number of esters is 1. The predicted molar refractivity (Wildman–Crippen MR) is 55.9 cm³/mol. The molecule has 0 saturated carbocycles. The first-order valence-corrected chi connectivity index (χ1v) is 4.56. The zero-order chi connectivity index (χ0) is 10.2. The van der Waals surface area contributed by atoms with Gasteiger partial charge in [0.15, 0.2) is 0 Å². The fourth-order valence-electron chi connectivity index (χ4n) is 0.988. The summed E-state index contributed by atoms with van der Waals surface area (Å²) < 4.78 is 4.85. The van der Waals surface area contributed by atoms with Crippen molar-refractivity contribution in [2.24, 2.45) is 0 Å². The van der Waals surface area contributed by atoms with Crippen molar-refractivity contribution in [1.29, 1.82) is 0 Å². The van der Waals surface area contributed by atoms with Crippen LogP contribution in [-0.4, -0.2) is 19.1 Å². The lowest BCUT2D eigenvalue weighted by Crippen LogP contribution is -2.12. The van der Waals surface area contributed by atoms with Crippen LogP contribution in [0.1, 0.15) is 6.42 Å². The van der Waals surface area contributed by atoms with Crippen LogP contribution in [0.2, 0.25) is 0 Å². The van der Waals surface area contributed by atoms with Gasteiger partial charge in [-0.05, 0) is 19.1 Å². The molecule has 0 amide bonds. The van der Waals surface area contributed by atoms with E-state index < -0.39 is 0 Å². The highest BCUT2D eigenvalue weighted by Gasteiger charge is 1.96. The molecule has 0 spiro atoms. The second kappa shape index (κ2) is 6.02. The maximum absolute atomic E-state index is 10.7. The molecule has 1 aromatic rings. The van der Waals surface area contributed by atoms with Gasteiger partial charge in [-0.25, -0.2) is 0 Å². The summed E-state index contributed by atoms with van der Waals surface area (Å²) in [6.45, 7) is 4.43. The first-order chi connectivity index (χ1) is 6.83. The molecule has 3 heteroatoms. The number of para-hydroxylation sites is 1. The largest absolute Gasteiger partial charge is 0.464 e. The summed E-state index contributed by atoms with van der Waals surface area (Å²) in [4.78, 5) is 10.7. The molecular formula is C11H14NO2. The van der Waals surface area contributed by atoms with Crippen LogP contribution in [-0.2, 0) is 9.53 Å². The molecule has 1 aromatic carbocycles. The summed E-state index contributed by atoms with van der Waals surface area (Å²) in [6.07, 6.45) is 0.186. The Morgan fingerprint density at radius 1 is 1.36 bits per heavy atom. The monoisotopic (exact) mass is 192 g/mol. The third kappa shape index (κ3) is 3.94. The SMILES string of the molecule is [CH2]CC(=O)OCCNc1ccccc1. The van der Waals surface area contributed by atoms with Crippen LogP contribution >= 0.6 is 0 Å². The molecule has 0 bridgehead atoms. The Hall–Kier alpha value is -1.51. The van der Waals surface area contributed by atoms with E-state index in [4.69, 9.17) is 4.74 Å². The fraction of sp³-hybridized carbons (Fsp3) is 0.273.